The number of rotatable bonds is 16. The van der Waals surface area contributed by atoms with Crippen molar-refractivity contribution in [2.75, 3.05) is 33.0 Å². The first-order valence-electron chi connectivity index (χ1n) is 8.42. The second kappa shape index (κ2) is 18.6. The zero-order chi connectivity index (χ0) is 17.0. The van der Waals surface area contributed by atoms with Crippen molar-refractivity contribution in [3.8, 4) is 37.0 Å². The van der Waals surface area contributed by atoms with Crippen molar-refractivity contribution in [1.82, 2.24) is 0 Å². The molecular weight excluding hydrogens is 288 g/mol. The number of hydrogen-bond acceptors (Lipinski definition) is 3. The highest BCUT2D eigenvalue weighted by molar-refractivity contribution is 4.83. The van der Waals surface area contributed by atoms with Crippen LogP contribution in [0, 0.1) is 37.0 Å². The molecule has 0 aromatic rings. The fraction of sp³-hybridized carbons (Fsp3) is 0.700. The van der Waals surface area contributed by atoms with E-state index in [4.69, 9.17) is 33.5 Å². The van der Waals surface area contributed by atoms with Gasteiger partial charge < -0.3 is 14.2 Å². The molecule has 0 spiro atoms. The van der Waals surface area contributed by atoms with Crippen molar-refractivity contribution in [3.63, 3.8) is 0 Å². The lowest BCUT2D eigenvalue weighted by Crippen LogP contribution is -2.26. The molecule has 0 aliphatic carbocycles. The summed E-state index contributed by atoms with van der Waals surface area (Å²) in [4.78, 5) is 0. The molecule has 0 heterocycles. The Bertz CT molecular complexity index is 344. The summed E-state index contributed by atoms with van der Waals surface area (Å²) in [6, 6.07) is 0. The van der Waals surface area contributed by atoms with Gasteiger partial charge in [0.15, 0.2) is 0 Å². The molecule has 128 valence electrons. The lowest BCUT2D eigenvalue weighted by molar-refractivity contribution is -0.0609. The zero-order valence-corrected chi connectivity index (χ0v) is 14.2. The Kier molecular flexibility index (Phi) is 17.4. The third-order valence-corrected chi connectivity index (χ3v) is 3.15. The molecule has 0 saturated carbocycles. The van der Waals surface area contributed by atoms with Crippen molar-refractivity contribution in [3.05, 3.63) is 0 Å². The average molecular weight is 318 g/mol. The summed E-state index contributed by atoms with van der Waals surface area (Å²) in [7, 11) is 0. The Hall–Kier alpha value is -1.44. The Morgan fingerprint density at radius 2 is 1.09 bits per heavy atom. The molecule has 0 aliphatic heterocycles. The maximum Gasteiger partial charge on any atom is 0.104 e. The largest absolute Gasteiger partial charge is 0.379 e. The van der Waals surface area contributed by atoms with Gasteiger partial charge in [-0.05, 0) is 32.1 Å². The SMILES string of the molecule is C#CCCCCOCC(COCCCCC#C)OCCCC#C. The van der Waals surface area contributed by atoms with E-state index in [-0.39, 0.29) is 6.10 Å². The van der Waals surface area contributed by atoms with E-state index in [1.54, 1.807) is 0 Å². The summed E-state index contributed by atoms with van der Waals surface area (Å²) < 4.78 is 17.1. The van der Waals surface area contributed by atoms with Gasteiger partial charge in [0.05, 0.1) is 13.2 Å². The number of unbranched alkanes of at least 4 members (excludes halogenated alkanes) is 5. The molecule has 0 radical (unpaired) electrons. The molecule has 23 heavy (non-hydrogen) atoms. The summed E-state index contributed by atoms with van der Waals surface area (Å²) in [5.41, 5.74) is 0. The van der Waals surface area contributed by atoms with Gasteiger partial charge >= 0.3 is 0 Å². The monoisotopic (exact) mass is 318 g/mol. The third-order valence-electron chi connectivity index (χ3n) is 3.15. The van der Waals surface area contributed by atoms with Crippen LogP contribution in [0.5, 0.6) is 0 Å². The van der Waals surface area contributed by atoms with Crippen molar-refractivity contribution in [1.29, 1.82) is 0 Å². The predicted molar refractivity (Wildman–Crippen MR) is 94.8 cm³/mol. The normalized spacial score (nSPS) is 10.2. The van der Waals surface area contributed by atoms with E-state index < -0.39 is 0 Å². The van der Waals surface area contributed by atoms with Crippen molar-refractivity contribution in [2.45, 2.75) is 57.5 Å². The van der Waals surface area contributed by atoms with E-state index in [0.29, 0.717) is 33.0 Å². The minimum atomic E-state index is -0.0481. The van der Waals surface area contributed by atoms with Crippen LogP contribution in [0.15, 0.2) is 0 Å². The van der Waals surface area contributed by atoms with Gasteiger partial charge in [0.2, 0.25) is 0 Å². The van der Waals surface area contributed by atoms with Gasteiger partial charge in [0.25, 0.3) is 0 Å². The van der Waals surface area contributed by atoms with Crippen LogP contribution in [0.4, 0.5) is 0 Å². The summed E-state index contributed by atoms with van der Waals surface area (Å²) in [6.45, 7) is 3.12. The van der Waals surface area contributed by atoms with Crippen molar-refractivity contribution < 1.29 is 14.2 Å². The van der Waals surface area contributed by atoms with Crippen LogP contribution >= 0.6 is 0 Å². The quantitative estimate of drug-likeness (QED) is 0.322. The molecule has 0 unspecified atom stereocenters. The Morgan fingerprint density at radius 1 is 0.609 bits per heavy atom. The van der Waals surface area contributed by atoms with E-state index in [0.717, 1.165) is 51.4 Å². The predicted octanol–water partition coefficient (Wildman–Crippen LogP) is 3.43. The van der Waals surface area contributed by atoms with Crippen LogP contribution < -0.4 is 0 Å². The second-order valence-electron chi connectivity index (χ2n) is 5.27. The maximum atomic E-state index is 5.79. The fourth-order valence-corrected chi connectivity index (χ4v) is 1.86. The Balaban J connectivity index is 3.78. The molecule has 3 nitrogen and oxygen atoms in total. The summed E-state index contributed by atoms with van der Waals surface area (Å²) in [5.74, 6) is 7.87. The molecule has 0 atom stereocenters. The summed E-state index contributed by atoms with van der Waals surface area (Å²) in [5, 5.41) is 0. The van der Waals surface area contributed by atoms with Gasteiger partial charge in [0, 0.05) is 39.1 Å². The van der Waals surface area contributed by atoms with Gasteiger partial charge in [-0.25, -0.2) is 0 Å². The molecule has 0 N–H and O–H groups in total. The standard InChI is InChI=1S/C20H30O3/c1-4-7-10-13-15-21-18-20(23-17-12-9-6-3)19-22-16-14-11-8-5-2/h1-3,20H,7-19H2. The molecule has 0 fully saturated rings. The molecular formula is C20H30O3. The topological polar surface area (TPSA) is 27.7 Å². The number of ether oxygens (including phenoxy) is 3. The molecule has 0 bridgehead atoms. The minimum Gasteiger partial charge on any atom is -0.379 e. The molecule has 0 aliphatic rings. The lowest BCUT2D eigenvalue weighted by atomic mass is 10.2. The molecule has 0 saturated heterocycles. The van der Waals surface area contributed by atoms with Crippen LogP contribution in [0.25, 0.3) is 0 Å². The van der Waals surface area contributed by atoms with E-state index in [9.17, 15) is 0 Å². The van der Waals surface area contributed by atoms with Crippen LogP contribution in [-0.2, 0) is 14.2 Å². The van der Waals surface area contributed by atoms with Crippen LogP contribution in [0.2, 0.25) is 0 Å². The van der Waals surface area contributed by atoms with E-state index in [1.807, 2.05) is 0 Å². The summed E-state index contributed by atoms with van der Waals surface area (Å²) in [6.07, 6.45) is 22.8. The first-order valence-corrected chi connectivity index (χ1v) is 8.42. The highest BCUT2D eigenvalue weighted by Crippen LogP contribution is 2.02. The van der Waals surface area contributed by atoms with Gasteiger partial charge in [-0.3, -0.25) is 0 Å². The Labute approximate surface area is 142 Å². The third kappa shape index (κ3) is 16.8. The van der Waals surface area contributed by atoms with Crippen LogP contribution in [0.3, 0.4) is 0 Å². The highest BCUT2D eigenvalue weighted by atomic mass is 16.6. The maximum absolute atomic E-state index is 5.79. The zero-order valence-electron chi connectivity index (χ0n) is 14.2. The van der Waals surface area contributed by atoms with Gasteiger partial charge in [-0.1, -0.05) is 0 Å². The minimum absolute atomic E-state index is 0.0481. The van der Waals surface area contributed by atoms with Gasteiger partial charge in [-0.2, -0.15) is 0 Å². The van der Waals surface area contributed by atoms with E-state index >= 15 is 0 Å². The number of terminal acetylenes is 3. The molecule has 0 amide bonds. The fourth-order valence-electron chi connectivity index (χ4n) is 1.86. The molecule has 0 aromatic carbocycles. The van der Waals surface area contributed by atoms with Crippen LogP contribution in [-0.4, -0.2) is 39.1 Å². The average Bonchev–Trinajstić information content (AvgIpc) is 2.57. The molecule has 3 heteroatoms. The van der Waals surface area contributed by atoms with Crippen molar-refractivity contribution in [2.24, 2.45) is 0 Å². The molecule has 0 aromatic heterocycles. The highest BCUT2D eigenvalue weighted by Gasteiger charge is 2.09. The van der Waals surface area contributed by atoms with E-state index in [2.05, 4.69) is 17.8 Å². The van der Waals surface area contributed by atoms with Crippen molar-refractivity contribution >= 4 is 0 Å². The number of hydrogen-bond donors (Lipinski definition) is 0. The van der Waals surface area contributed by atoms with Gasteiger partial charge in [-0.15, -0.1) is 37.0 Å². The smallest absolute Gasteiger partial charge is 0.104 e. The molecule has 0 rings (SSSR count). The van der Waals surface area contributed by atoms with E-state index in [1.165, 1.54) is 0 Å². The second-order valence-corrected chi connectivity index (χ2v) is 5.27. The first-order chi connectivity index (χ1) is 11.3. The van der Waals surface area contributed by atoms with Crippen LogP contribution in [0.1, 0.15) is 51.4 Å². The first kappa shape index (κ1) is 21.6. The lowest BCUT2D eigenvalue weighted by Gasteiger charge is -2.18. The van der Waals surface area contributed by atoms with Gasteiger partial charge in [0.1, 0.15) is 6.10 Å². The Morgan fingerprint density at radius 3 is 1.57 bits per heavy atom. The summed E-state index contributed by atoms with van der Waals surface area (Å²) >= 11 is 0.